The monoisotopic (exact) mass is 474 g/mol. The molecule has 0 amide bonds. The molecule has 0 N–H and O–H groups in total. The molecule has 0 aromatic heterocycles. The van der Waals surface area contributed by atoms with Crippen molar-refractivity contribution in [3.63, 3.8) is 0 Å². The number of terminal acetylenes is 1. The van der Waals surface area contributed by atoms with Crippen LogP contribution in [0.3, 0.4) is 0 Å². The van der Waals surface area contributed by atoms with Crippen molar-refractivity contribution in [3.8, 4) is 23.5 Å². The molecule has 0 aliphatic rings. The molecule has 0 nitrogen and oxygen atoms in total. The summed E-state index contributed by atoms with van der Waals surface area (Å²) in [4.78, 5) is 0. The van der Waals surface area contributed by atoms with E-state index in [2.05, 4.69) is 128 Å². The highest BCUT2D eigenvalue weighted by Crippen LogP contribution is 2.25. The number of hydrogen-bond acceptors (Lipinski definition) is 0. The van der Waals surface area contributed by atoms with Crippen LogP contribution in [0, 0.1) is 47.0 Å². The van der Waals surface area contributed by atoms with Gasteiger partial charge in [0.1, 0.15) is 0 Å². The zero-order chi connectivity index (χ0) is 26.7. The van der Waals surface area contributed by atoms with Crippen LogP contribution in [0.4, 0.5) is 0 Å². The van der Waals surface area contributed by atoms with Gasteiger partial charge in [0.05, 0.1) is 0 Å². The van der Waals surface area contributed by atoms with Crippen LogP contribution in [0.5, 0.6) is 0 Å². The zero-order valence-corrected chi connectivity index (χ0v) is 23.3. The van der Waals surface area contributed by atoms with E-state index in [9.17, 15) is 0 Å². The second-order valence-electron chi connectivity index (χ2n) is 9.56. The lowest BCUT2D eigenvalue weighted by Crippen LogP contribution is -1.98. The summed E-state index contributed by atoms with van der Waals surface area (Å²) < 4.78 is 0. The fourth-order valence-electron chi connectivity index (χ4n) is 4.32. The summed E-state index contributed by atoms with van der Waals surface area (Å²) in [6, 6.07) is 19.5. The number of aryl methyl sites for hydroxylation is 4. The summed E-state index contributed by atoms with van der Waals surface area (Å²) in [7, 11) is 0. The van der Waals surface area contributed by atoms with E-state index in [4.69, 9.17) is 6.42 Å². The molecule has 0 unspecified atom stereocenters. The van der Waals surface area contributed by atoms with Gasteiger partial charge in [-0.05, 0) is 104 Å². The highest BCUT2D eigenvalue weighted by molar-refractivity contribution is 5.67. The van der Waals surface area contributed by atoms with Crippen molar-refractivity contribution in [3.05, 3.63) is 123 Å². The molecule has 0 heteroatoms. The maximum atomic E-state index is 5.27. The maximum absolute atomic E-state index is 5.27. The Hall–Kier alpha value is -3.56. The smallest absolute Gasteiger partial charge is 0.0270 e. The molecule has 0 aliphatic heterocycles. The van der Waals surface area contributed by atoms with Crippen LogP contribution >= 0.6 is 0 Å². The Labute approximate surface area is 220 Å². The van der Waals surface area contributed by atoms with Gasteiger partial charge in [0.25, 0.3) is 0 Å². The van der Waals surface area contributed by atoms with E-state index in [1.54, 1.807) is 0 Å². The van der Waals surface area contributed by atoms with Crippen molar-refractivity contribution < 1.29 is 0 Å². The molecule has 3 aromatic rings. The zero-order valence-electron chi connectivity index (χ0n) is 23.3. The summed E-state index contributed by atoms with van der Waals surface area (Å²) in [5.41, 5.74) is 14.9. The van der Waals surface area contributed by atoms with Crippen molar-refractivity contribution in [2.75, 3.05) is 0 Å². The molecular formula is C36H42. The number of allylic oxidation sites excluding steroid dienone is 4. The molecule has 0 heterocycles. The number of hydrogen-bond donors (Lipinski definition) is 0. The predicted molar refractivity (Wildman–Crippen MR) is 161 cm³/mol. The summed E-state index contributed by atoms with van der Waals surface area (Å²) in [5, 5.41) is 0. The molecule has 0 fully saturated rings. The molecule has 0 atom stereocenters. The first-order valence-electron chi connectivity index (χ1n) is 12.9. The molecule has 36 heavy (non-hydrogen) atoms. The number of benzene rings is 3. The van der Waals surface area contributed by atoms with Crippen molar-refractivity contribution in [2.45, 2.75) is 67.7 Å². The largest absolute Gasteiger partial charge is 0.120 e. The molecule has 0 bridgehead atoms. The third-order valence-corrected chi connectivity index (χ3v) is 7.03. The highest BCUT2D eigenvalue weighted by Gasteiger charge is 2.06. The molecule has 0 aliphatic carbocycles. The van der Waals surface area contributed by atoms with Crippen LogP contribution in [0.25, 0.3) is 17.2 Å². The van der Waals surface area contributed by atoms with Gasteiger partial charge in [0.2, 0.25) is 0 Å². The lowest BCUT2D eigenvalue weighted by molar-refractivity contribution is 0.965. The van der Waals surface area contributed by atoms with Gasteiger partial charge in [-0.2, -0.15) is 0 Å². The SMILES string of the molecule is C#CC/C=C\C(C)=C(/CC)Cc1c(C)cccc1C.C=Cc1ccc(-c2cc(C)c(C)c(C)c2)cc1. The standard InChI is InChI=1S/C19H24.C17H18/c1-6-8-9-11-15(3)18(7-2)14-19-16(4)12-10-13-17(19)5;1-5-15-6-8-16(9-7-15)17-10-12(2)14(4)13(3)11-17/h1,9-13H,7-8,14H2,2-5H3;5-11H,1H2,2-4H3/b11-9-,18-15+;. The first kappa shape index (κ1) is 28.7. The van der Waals surface area contributed by atoms with Crippen molar-refractivity contribution >= 4 is 6.08 Å². The third-order valence-electron chi connectivity index (χ3n) is 7.03. The van der Waals surface area contributed by atoms with Gasteiger partial charge in [-0.1, -0.05) is 97.5 Å². The summed E-state index contributed by atoms with van der Waals surface area (Å²) in [6.07, 6.45) is 14.2. The average Bonchev–Trinajstić information content (AvgIpc) is 2.87. The van der Waals surface area contributed by atoms with E-state index in [1.807, 2.05) is 6.08 Å². The first-order chi connectivity index (χ1) is 17.2. The van der Waals surface area contributed by atoms with Gasteiger partial charge in [-0.15, -0.1) is 12.3 Å². The van der Waals surface area contributed by atoms with Gasteiger partial charge >= 0.3 is 0 Å². The van der Waals surface area contributed by atoms with Crippen molar-refractivity contribution in [2.24, 2.45) is 0 Å². The molecule has 0 spiro atoms. The fourth-order valence-corrected chi connectivity index (χ4v) is 4.32. The van der Waals surface area contributed by atoms with E-state index >= 15 is 0 Å². The Balaban J connectivity index is 0.000000255. The van der Waals surface area contributed by atoms with Crippen molar-refractivity contribution in [1.29, 1.82) is 0 Å². The molecule has 0 saturated heterocycles. The van der Waals surface area contributed by atoms with E-state index in [-0.39, 0.29) is 0 Å². The molecule has 0 radical (unpaired) electrons. The van der Waals surface area contributed by atoms with Crippen molar-refractivity contribution in [1.82, 2.24) is 0 Å². The van der Waals surface area contributed by atoms with Gasteiger partial charge in [0.15, 0.2) is 0 Å². The van der Waals surface area contributed by atoms with E-state index < -0.39 is 0 Å². The lowest BCUT2D eigenvalue weighted by atomic mass is 9.92. The minimum Gasteiger partial charge on any atom is -0.120 e. The van der Waals surface area contributed by atoms with E-state index in [1.165, 1.54) is 55.7 Å². The van der Waals surface area contributed by atoms with Crippen LogP contribution in [0.15, 0.2) is 84.5 Å². The Morgan fingerprint density at radius 2 is 1.44 bits per heavy atom. The Bertz CT molecular complexity index is 1230. The topological polar surface area (TPSA) is 0 Å². The van der Waals surface area contributed by atoms with Crippen LogP contribution in [0.2, 0.25) is 0 Å². The van der Waals surface area contributed by atoms with Gasteiger partial charge in [0, 0.05) is 6.42 Å². The minimum atomic E-state index is 0.706. The molecule has 186 valence electrons. The molecule has 3 rings (SSSR count). The minimum absolute atomic E-state index is 0.706. The van der Waals surface area contributed by atoms with Crippen LogP contribution in [-0.4, -0.2) is 0 Å². The maximum Gasteiger partial charge on any atom is 0.0270 e. The molecule has 3 aromatic carbocycles. The second-order valence-corrected chi connectivity index (χ2v) is 9.56. The normalized spacial score (nSPS) is 11.4. The Morgan fingerprint density at radius 1 is 0.861 bits per heavy atom. The second kappa shape index (κ2) is 14.1. The van der Waals surface area contributed by atoms with Crippen LogP contribution < -0.4 is 0 Å². The fraction of sp³-hybridized carbons (Fsp3) is 0.278. The van der Waals surface area contributed by atoms with Gasteiger partial charge < -0.3 is 0 Å². The van der Waals surface area contributed by atoms with E-state index in [0.717, 1.165) is 18.4 Å². The Kier molecular flexibility index (Phi) is 11.2. The van der Waals surface area contributed by atoms with Crippen LogP contribution in [-0.2, 0) is 6.42 Å². The number of rotatable bonds is 7. The third kappa shape index (κ3) is 8.00. The van der Waals surface area contributed by atoms with Crippen LogP contribution in [0.1, 0.15) is 65.6 Å². The Morgan fingerprint density at radius 3 is 1.94 bits per heavy atom. The summed E-state index contributed by atoms with van der Waals surface area (Å²) in [6.45, 7) is 19.1. The van der Waals surface area contributed by atoms with E-state index in [0.29, 0.717) is 6.42 Å². The molecular weight excluding hydrogens is 432 g/mol. The van der Waals surface area contributed by atoms with Gasteiger partial charge in [-0.3, -0.25) is 0 Å². The predicted octanol–water partition coefficient (Wildman–Crippen LogP) is 10.1. The molecule has 0 saturated carbocycles. The quantitative estimate of drug-likeness (QED) is 0.236. The highest BCUT2D eigenvalue weighted by atomic mass is 14.1. The average molecular weight is 475 g/mol. The lowest BCUT2D eigenvalue weighted by Gasteiger charge is -2.13. The van der Waals surface area contributed by atoms with Gasteiger partial charge in [-0.25, -0.2) is 0 Å². The summed E-state index contributed by atoms with van der Waals surface area (Å²) >= 11 is 0. The first-order valence-corrected chi connectivity index (χ1v) is 12.9. The summed E-state index contributed by atoms with van der Waals surface area (Å²) in [5.74, 6) is 2.64.